The van der Waals surface area contributed by atoms with Crippen molar-refractivity contribution < 1.29 is 67.5 Å². The van der Waals surface area contributed by atoms with Crippen molar-refractivity contribution in [3.63, 3.8) is 0 Å². The quantitative estimate of drug-likeness (QED) is 0.120. The number of hydrogen-bond donors (Lipinski definition) is 2. The van der Waals surface area contributed by atoms with Gasteiger partial charge in [0.05, 0.1) is 26.1 Å². The van der Waals surface area contributed by atoms with E-state index in [0.717, 1.165) is 0 Å². The van der Waals surface area contributed by atoms with E-state index in [9.17, 15) is 38.4 Å². The number of aliphatic carboxylic acids is 1. The van der Waals surface area contributed by atoms with Gasteiger partial charge in [0.25, 0.3) is 0 Å². The molecule has 14 nitrogen and oxygen atoms in total. The highest BCUT2D eigenvalue weighted by Crippen LogP contribution is 2.11. The van der Waals surface area contributed by atoms with Crippen LogP contribution in [0.1, 0.15) is 78.0 Å². The molecular weight excluding hydrogens is 680 g/mol. The molecule has 0 saturated heterocycles. The van der Waals surface area contributed by atoms with Crippen LogP contribution in [-0.2, 0) is 42.9 Å². The molecule has 0 aromatic heterocycles. The molecule has 3 atom stereocenters. The third kappa shape index (κ3) is 17.6. The molecule has 0 saturated carbocycles. The number of rotatable bonds is 16. The first-order valence-electron chi connectivity index (χ1n) is 16.0. The van der Waals surface area contributed by atoms with Gasteiger partial charge in [0, 0.05) is 37.0 Å². The molecule has 0 aliphatic heterocycles. The number of esters is 4. The molecule has 0 fully saturated rings. The Hall–Kier alpha value is -6.02. The average Bonchev–Trinajstić information content (AvgIpc) is 3.12. The van der Waals surface area contributed by atoms with E-state index in [1.54, 1.807) is 105 Å². The van der Waals surface area contributed by atoms with Gasteiger partial charge in [-0.3, -0.25) is 24.0 Å². The van der Waals surface area contributed by atoms with Crippen LogP contribution < -0.4 is 0 Å². The summed E-state index contributed by atoms with van der Waals surface area (Å²) in [7, 11) is 0. The van der Waals surface area contributed by atoms with Gasteiger partial charge < -0.3 is 29.2 Å². The SMILES string of the molecule is CCOC(=O)C(CC(=O)c1ccccc1)OC(C)=O.CCOC(=O)[C@@H](CC(=O)c1ccccc1)OC(C)=O.O=C(C[C@H](O)C(=O)O)c1ccccc1. The zero-order chi connectivity index (χ0) is 39.1. The predicted octanol–water partition coefficient (Wildman–Crippen LogP) is 4.21. The Balaban J connectivity index is 0.000000395. The lowest BCUT2D eigenvalue weighted by Gasteiger charge is -2.14. The molecule has 0 aliphatic carbocycles. The first-order chi connectivity index (χ1) is 24.7. The fraction of sp³-hybridized carbons (Fsp3) is 0.316. The van der Waals surface area contributed by atoms with Gasteiger partial charge >= 0.3 is 29.8 Å². The number of Topliss-reactive ketones (excluding diaryl/α,β-unsaturated/α-hetero) is 3. The van der Waals surface area contributed by atoms with E-state index in [2.05, 4.69) is 0 Å². The minimum absolute atomic E-state index is 0.163. The fourth-order valence-corrected chi connectivity index (χ4v) is 4.04. The van der Waals surface area contributed by atoms with E-state index in [-0.39, 0.29) is 49.8 Å². The van der Waals surface area contributed by atoms with Gasteiger partial charge in [-0.15, -0.1) is 0 Å². The van der Waals surface area contributed by atoms with Gasteiger partial charge in [0.1, 0.15) is 0 Å². The molecule has 0 spiro atoms. The molecule has 0 heterocycles. The van der Waals surface area contributed by atoms with Crippen molar-refractivity contribution in [3.8, 4) is 0 Å². The molecule has 278 valence electrons. The highest BCUT2D eigenvalue weighted by atomic mass is 16.6. The zero-order valence-corrected chi connectivity index (χ0v) is 29.2. The summed E-state index contributed by atoms with van der Waals surface area (Å²) in [5.41, 5.74) is 1.33. The Bertz CT molecular complexity index is 1530. The predicted molar refractivity (Wildman–Crippen MR) is 184 cm³/mol. The summed E-state index contributed by atoms with van der Waals surface area (Å²) in [6, 6.07) is 25.3. The standard InChI is InChI=1S/2C14H16O5.C10H10O4/c2*1-3-18-14(17)13(19-10(2)15)9-12(16)11-7-5-4-6-8-11;11-8(6-9(12)10(13)14)7-4-2-1-3-5-7/h2*4-8,13H,3,9H2,1-2H3;1-5,9,12H,6H2,(H,13,14)/t13-;;9-/m1.0/s1. The highest BCUT2D eigenvalue weighted by molar-refractivity contribution is 6.00. The van der Waals surface area contributed by atoms with Gasteiger partial charge in [0.2, 0.25) is 12.2 Å². The van der Waals surface area contributed by atoms with Crippen LogP contribution in [0.5, 0.6) is 0 Å². The molecule has 0 bridgehead atoms. The second-order valence-electron chi connectivity index (χ2n) is 10.5. The minimum atomic E-state index is -1.62. The van der Waals surface area contributed by atoms with E-state index >= 15 is 0 Å². The number of carboxylic acids is 1. The topological polar surface area (TPSA) is 214 Å². The van der Waals surface area contributed by atoms with Crippen LogP contribution in [0.15, 0.2) is 91.0 Å². The van der Waals surface area contributed by atoms with Gasteiger partial charge in [-0.2, -0.15) is 0 Å². The summed E-state index contributed by atoms with van der Waals surface area (Å²) in [6.07, 6.45) is -4.83. The third-order valence-electron chi connectivity index (χ3n) is 6.41. The molecule has 52 heavy (non-hydrogen) atoms. The Morgan fingerprint density at radius 3 is 1.06 bits per heavy atom. The normalized spacial score (nSPS) is 11.6. The van der Waals surface area contributed by atoms with Crippen molar-refractivity contribution in [3.05, 3.63) is 108 Å². The Kier molecular flexibility index (Phi) is 20.5. The Morgan fingerprint density at radius 2 is 0.808 bits per heavy atom. The summed E-state index contributed by atoms with van der Waals surface area (Å²) >= 11 is 0. The van der Waals surface area contributed by atoms with Crippen molar-refractivity contribution >= 4 is 47.2 Å². The number of carbonyl (C=O) groups is 8. The number of benzene rings is 3. The Morgan fingerprint density at radius 1 is 0.519 bits per heavy atom. The number of ether oxygens (including phenoxy) is 4. The summed E-state index contributed by atoms with van der Waals surface area (Å²) in [6.45, 7) is 5.97. The minimum Gasteiger partial charge on any atom is -0.479 e. The van der Waals surface area contributed by atoms with Crippen LogP contribution >= 0.6 is 0 Å². The highest BCUT2D eigenvalue weighted by Gasteiger charge is 2.27. The van der Waals surface area contributed by atoms with Crippen LogP contribution in [0.4, 0.5) is 0 Å². The first-order valence-corrected chi connectivity index (χ1v) is 16.0. The first kappa shape index (κ1) is 44.0. The summed E-state index contributed by atoms with van der Waals surface area (Å²) in [5.74, 6) is -4.98. The van der Waals surface area contributed by atoms with E-state index in [4.69, 9.17) is 29.2 Å². The summed E-state index contributed by atoms with van der Waals surface area (Å²) in [5, 5.41) is 17.3. The maximum absolute atomic E-state index is 11.9. The Labute approximate surface area is 300 Å². The molecule has 3 aromatic rings. The molecule has 1 unspecified atom stereocenters. The van der Waals surface area contributed by atoms with E-state index in [1.165, 1.54) is 13.8 Å². The molecule has 0 aliphatic rings. The number of aliphatic hydroxyl groups is 1. The number of ketones is 3. The summed E-state index contributed by atoms with van der Waals surface area (Å²) in [4.78, 5) is 90.6. The van der Waals surface area contributed by atoms with Crippen LogP contribution in [-0.4, -0.2) is 88.9 Å². The van der Waals surface area contributed by atoms with Crippen molar-refractivity contribution in [2.75, 3.05) is 13.2 Å². The van der Waals surface area contributed by atoms with Crippen molar-refractivity contribution in [1.29, 1.82) is 0 Å². The smallest absolute Gasteiger partial charge is 0.347 e. The second-order valence-corrected chi connectivity index (χ2v) is 10.5. The van der Waals surface area contributed by atoms with E-state index in [1.807, 2.05) is 0 Å². The van der Waals surface area contributed by atoms with E-state index < -0.39 is 48.2 Å². The molecule has 0 amide bonds. The molecule has 3 rings (SSSR count). The largest absolute Gasteiger partial charge is 0.479 e. The van der Waals surface area contributed by atoms with Crippen LogP contribution in [0.3, 0.4) is 0 Å². The zero-order valence-electron chi connectivity index (χ0n) is 29.2. The van der Waals surface area contributed by atoms with Gasteiger partial charge in [-0.1, -0.05) is 91.0 Å². The van der Waals surface area contributed by atoms with E-state index in [0.29, 0.717) is 16.7 Å². The van der Waals surface area contributed by atoms with Crippen LogP contribution in [0.25, 0.3) is 0 Å². The maximum atomic E-state index is 11.9. The maximum Gasteiger partial charge on any atom is 0.347 e. The lowest BCUT2D eigenvalue weighted by molar-refractivity contribution is -0.166. The number of carbonyl (C=O) groups excluding carboxylic acids is 7. The van der Waals surface area contributed by atoms with Crippen molar-refractivity contribution in [1.82, 2.24) is 0 Å². The third-order valence-corrected chi connectivity index (χ3v) is 6.41. The average molecular weight is 723 g/mol. The van der Waals surface area contributed by atoms with Crippen LogP contribution in [0, 0.1) is 0 Å². The van der Waals surface area contributed by atoms with Gasteiger partial charge in [-0.25, -0.2) is 14.4 Å². The lowest BCUT2D eigenvalue weighted by atomic mass is 10.1. The molecule has 3 aromatic carbocycles. The van der Waals surface area contributed by atoms with Crippen LogP contribution in [0.2, 0.25) is 0 Å². The molecular formula is C38H42O14. The molecule has 14 heteroatoms. The van der Waals surface area contributed by atoms with Gasteiger partial charge in [-0.05, 0) is 13.8 Å². The molecule has 0 radical (unpaired) electrons. The van der Waals surface area contributed by atoms with Crippen molar-refractivity contribution in [2.24, 2.45) is 0 Å². The fourth-order valence-electron chi connectivity index (χ4n) is 4.04. The van der Waals surface area contributed by atoms with Crippen molar-refractivity contribution in [2.45, 2.75) is 65.3 Å². The molecule has 2 N–H and O–H groups in total. The lowest BCUT2D eigenvalue weighted by Crippen LogP contribution is -2.31. The second kappa shape index (κ2) is 24.2. The van der Waals surface area contributed by atoms with Gasteiger partial charge in [0.15, 0.2) is 23.5 Å². The monoisotopic (exact) mass is 722 g/mol. The number of aliphatic hydroxyl groups excluding tert-OH is 1. The number of carboxylic acid groups (broad SMARTS) is 1. The summed E-state index contributed by atoms with van der Waals surface area (Å²) < 4.78 is 19.2. The number of hydrogen-bond acceptors (Lipinski definition) is 13.